The maximum absolute atomic E-state index is 12.6. The fourth-order valence-electron chi connectivity index (χ4n) is 2.25. The van der Waals surface area contributed by atoms with Gasteiger partial charge in [0.25, 0.3) is 0 Å². The molecule has 0 spiro atoms. The van der Waals surface area contributed by atoms with Crippen molar-refractivity contribution < 1.29 is 8.42 Å². The van der Waals surface area contributed by atoms with Crippen molar-refractivity contribution in [2.24, 2.45) is 11.8 Å². The highest BCUT2D eigenvalue weighted by Crippen LogP contribution is 2.31. The van der Waals surface area contributed by atoms with Gasteiger partial charge < -0.3 is 0 Å². The second-order valence-electron chi connectivity index (χ2n) is 5.17. The fraction of sp³-hybridized carbons (Fsp3) is 0.538. The van der Waals surface area contributed by atoms with Crippen molar-refractivity contribution >= 4 is 37.6 Å². The van der Waals surface area contributed by atoms with Crippen LogP contribution in [0.2, 0.25) is 0 Å². The molecule has 1 aliphatic rings. The molecule has 6 heteroatoms. The third-order valence-corrected chi connectivity index (χ3v) is 6.84. The molecule has 0 saturated carbocycles. The molecule has 1 heterocycles. The molecule has 1 aliphatic heterocycles. The van der Waals surface area contributed by atoms with Gasteiger partial charge >= 0.3 is 0 Å². The molecule has 0 aliphatic carbocycles. The highest BCUT2D eigenvalue weighted by Gasteiger charge is 2.35. The van der Waals surface area contributed by atoms with E-state index in [0.717, 1.165) is 5.56 Å². The van der Waals surface area contributed by atoms with E-state index in [1.807, 2.05) is 0 Å². The van der Waals surface area contributed by atoms with Crippen molar-refractivity contribution in [2.75, 3.05) is 13.1 Å². The SMILES string of the molecule is CC1CN(S(=O)(=O)c2ccc(CCl)cc2Br)CC1C. The van der Waals surface area contributed by atoms with Crippen molar-refractivity contribution in [2.45, 2.75) is 24.6 Å². The van der Waals surface area contributed by atoms with Crippen LogP contribution in [0.4, 0.5) is 0 Å². The Morgan fingerprint density at radius 3 is 2.37 bits per heavy atom. The van der Waals surface area contributed by atoms with Gasteiger partial charge in [0.1, 0.15) is 0 Å². The summed E-state index contributed by atoms with van der Waals surface area (Å²) in [5.74, 6) is 1.17. The van der Waals surface area contributed by atoms with Crippen molar-refractivity contribution in [1.82, 2.24) is 4.31 Å². The highest BCUT2D eigenvalue weighted by atomic mass is 79.9. The third kappa shape index (κ3) is 2.99. The number of nitrogens with zero attached hydrogens (tertiary/aromatic N) is 1. The van der Waals surface area contributed by atoms with Gasteiger partial charge in [-0.3, -0.25) is 0 Å². The summed E-state index contributed by atoms with van der Waals surface area (Å²) in [7, 11) is -3.42. The van der Waals surface area contributed by atoms with Crippen LogP contribution >= 0.6 is 27.5 Å². The van der Waals surface area contributed by atoms with Crippen LogP contribution in [0, 0.1) is 11.8 Å². The normalized spacial score (nSPS) is 24.8. The number of rotatable bonds is 3. The van der Waals surface area contributed by atoms with E-state index in [1.54, 1.807) is 22.5 Å². The molecular formula is C13H17BrClNO2S. The van der Waals surface area contributed by atoms with Gasteiger partial charge in [-0.05, 0) is 45.5 Å². The van der Waals surface area contributed by atoms with E-state index in [4.69, 9.17) is 11.6 Å². The number of hydrogen-bond acceptors (Lipinski definition) is 2. The zero-order valence-corrected chi connectivity index (χ0v) is 14.1. The first-order chi connectivity index (χ1) is 8.86. The Hall–Kier alpha value is -0.100. The topological polar surface area (TPSA) is 37.4 Å². The quantitative estimate of drug-likeness (QED) is 0.768. The van der Waals surface area contributed by atoms with Crippen LogP contribution in [-0.4, -0.2) is 25.8 Å². The summed E-state index contributed by atoms with van der Waals surface area (Å²) >= 11 is 9.09. The minimum Gasteiger partial charge on any atom is -0.207 e. The lowest BCUT2D eigenvalue weighted by Crippen LogP contribution is -2.29. The predicted octanol–water partition coefficient (Wildman–Crippen LogP) is 3.46. The van der Waals surface area contributed by atoms with E-state index >= 15 is 0 Å². The minimum absolute atomic E-state index is 0.322. The van der Waals surface area contributed by atoms with Crippen molar-refractivity contribution in [3.63, 3.8) is 0 Å². The van der Waals surface area contributed by atoms with E-state index < -0.39 is 10.0 Å². The number of benzene rings is 1. The van der Waals surface area contributed by atoms with Crippen LogP contribution in [0.3, 0.4) is 0 Å². The lowest BCUT2D eigenvalue weighted by Gasteiger charge is -2.17. The van der Waals surface area contributed by atoms with Gasteiger partial charge in [0.15, 0.2) is 0 Å². The first-order valence-electron chi connectivity index (χ1n) is 6.20. The molecule has 1 aromatic carbocycles. The van der Waals surface area contributed by atoms with Crippen LogP contribution in [-0.2, 0) is 15.9 Å². The van der Waals surface area contributed by atoms with E-state index in [9.17, 15) is 8.42 Å². The first-order valence-corrected chi connectivity index (χ1v) is 8.97. The monoisotopic (exact) mass is 365 g/mol. The Kier molecular flexibility index (Phi) is 4.60. The van der Waals surface area contributed by atoms with E-state index in [2.05, 4.69) is 29.8 Å². The van der Waals surface area contributed by atoms with Gasteiger partial charge in [0.2, 0.25) is 10.0 Å². The van der Waals surface area contributed by atoms with E-state index in [-0.39, 0.29) is 0 Å². The molecular weight excluding hydrogens is 350 g/mol. The molecule has 1 aromatic rings. The standard InChI is InChI=1S/C13H17BrClNO2S/c1-9-7-16(8-10(9)2)19(17,18)13-4-3-11(6-15)5-12(13)14/h3-5,9-10H,6-8H2,1-2H3. The van der Waals surface area contributed by atoms with Crippen molar-refractivity contribution in [3.8, 4) is 0 Å². The van der Waals surface area contributed by atoms with Gasteiger partial charge in [0, 0.05) is 23.4 Å². The summed E-state index contributed by atoms with van der Waals surface area (Å²) in [6.45, 7) is 5.36. The first kappa shape index (κ1) is 15.3. The van der Waals surface area contributed by atoms with Crippen molar-refractivity contribution in [1.29, 1.82) is 0 Å². The zero-order valence-electron chi connectivity index (χ0n) is 10.9. The summed E-state index contributed by atoms with van der Waals surface area (Å²) in [4.78, 5) is 0.322. The Balaban J connectivity index is 2.35. The zero-order chi connectivity index (χ0) is 14.2. The average molecular weight is 367 g/mol. The number of alkyl halides is 1. The largest absolute Gasteiger partial charge is 0.244 e. The Morgan fingerprint density at radius 2 is 1.89 bits per heavy atom. The Bertz CT molecular complexity index is 566. The molecule has 1 fully saturated rings. The lowest BCUT2D eigenvalue weighted by atomic mass is 10.0. The Morgan fingerprint density at radius 1 is 1.32 bits per heavy atom. The van der Waals surface area contributed by atoms with Gasteiger partial charge in [-0.2, -0.15) is 4.31 Å². The van der Waals surface area contributed by atoms with Crippen LogP contribution in [0.15, 0.2) is 27.6 Å². The summed E-state index contributed by atoms with van der Waals surface area (Å²) in [6.07, 6.45) is 0. The smallest absolute Gasteiger partial charge is 0.207 e. The minimum atomic E-state index is -3.42. The molecule has 0 N–H and O–H groups in total. The molecule has 2 atom stereocenters. The number of sulfonamides is 1. The molecule has 1 saturated heterocycles. The van der Waals surface area contributed by atoms with Crippen LogP contribution in [0.1, 0.15) is 19.4 Å². The molecule has 106 valence electrons. The van der Waals surface area contributed by atoms with Crippen LogP contribution in [0.25, 0.3) is 0 Å². The predicted molar refractivity (Wildman–Crippen MR) is 80.8 cm³/mol. The maximum atomic E-state index is 12.6. The average Bonchev–Trinajstić information content (AvgIpc) is 2.70. The molecule has 2 unspecified atom stereocenters. The summed E-state index contributed by atoms with van der Waals surface area (Å²) in [6, 6.07) is 5.15. The molecule has 0 bridgehead atoms. The number of halogens is 2. The molecule has 19 heavy (non-hydrogen) atoms. The van der Waals surface area contributed by atoms with Crippen LogP contribution in [0.5, 0.6) is 0 Å². The molecule has 3 nitrogen and oxygen atoms in total. The van der Waals surface area contributed by atoms with E-state index in [1.165, 1.54) is 0 Å². The maximum Gasteiger partial charge on any atom is 0.244 e. The number of hydrogen-bond donors (Lipinski definition) is 0. The van der Waals surface area contributed by atoms with Crippen molar-refractivity contribution in [3.05, 3.63) is 28.2 Å². The second kappa shape index (κ2) is 5.72. The van der Waals surface area contributed by atoms with Gasteiger partial charge in [-0.1, -0.05) is 19.9 Å². The molecule has 0 aromatic heterocycles. The fourth-order valence-corrected chi connectivity index (χ4v) is 5.14. The summed E-state index contributed by atoms with van der Waals surface area (Å²) in [5, 5.41) is 0. The third-order valence-electron chi connectivity index (χ3n) is 3.72. The van der Waals surface area contributed by atoms with Gasteiger partial charge in [-0.15, -0.1) is 11.6 Å². The Labute approximate surface area is 128 Å². The lowest BCUT2D eigenvalue weighted by molar-refractivity contribution is 0.463. The molecule has 0 amide bonds. The van der Waals surface area contributed by atoms with Gasteiger partial charge in [0.05, 0.1) is 4.90 Å². The van der Waals surface area contributed by atoms with Gasteiger partial charge in [-0.25, -0.2) is 8.42 Å². The molecule has 0 radical (unpaired) electrons. The highest BCUT2D eigenvalue weighted by molar-refractivity contribution is 9.10. The molecule has 2 rings (SSSR count). The summed E-state index contributed by atoms with van der Waals surface area (Å²) < 4.78 is 27.4. The second-order valence-corrected chi connectivity index (χ2v) is 8.20. The van der Waals surface area contributed by atoms with Crippen LogP contribution < -0.4 is 0 Å². The van der Waals surface area contributed by atoms with E-state index in [0.29, 0.717) is 40.2 Å². The summed E-state index contributed by atoms with van der Waals surface area (Å²) in [5.41, 5.74) is 0.899.